The predicted molar refractivity (Wildman–Crippen MR) is 55.1 cm³/mol. The van der Waals surface area contributed by atoms with Gasteiger partial charge in [-0.25, -0.2) is 0 Å². The van der Waals surface area contributed by atoms with Gasteiger partial charge in [0.25, 0.3) is 0 Å². The smallest absolute Gasteiger partial charge is 0.170 e. The number of hydrogen-bond donors (Lipinski definition) is 0. The van der Waals surface area contributed by atoms with Crippen molar-refractivity contribution in [1.29, 1.82) is 0 Å². The van der Waals surface area contributed by atoms with E-state index >= 15 is 0 Å². The highest BCUT2D eigenvalue weighted by molar-refractivity contribution is 7.63. The van der Waals surface area contributed by atoms with E-state index < -0.39 is 7.14 Å². The summed E-state index contributed by atoms with van der Waals surface area (Å²) in [5, 5.41) is 0. The largest absolute Gasteiger partial charge is 0.324 e. The van der Waals surface area contributed by atoms with Gasteiger partial charge in [0.2, 0.25) is 0 Å². The van der Waals surface area contributed by atoms with Crippen LogP contribution in [0.5, 0.6) is 0 Å². The van der Waals surface area contributed by atoms with Gasteiger partial charge in [-0.2, -0.15) is 0 Å². The highest BCUT2D eigenvalue weighted by atomic mass is 31.2. The minimum absolute atomic E-state index is 0.0334. The Morgan fingerprint density at radius 3 is 2.23 bits per heavy atom. The van der Waals surface area contributed by atoms with Crippen molar-refractivity contribution in [3.8, 4) is 0 Å². The summed E-state index contributed by atoms with van der Waals surface area (Å²) < 4.78 is 11.4. The molecule has 0 saturated carbocycles. The van der Waals surface area contributed by atoms with Gasteiger partial charge >= 0.3 is 0 Å². The molecule has 0 amide bonds. The third-order valence-corrected chi connectivity index (χ3v) is 2.67. The first-order valence-electron chi connectivity index (χ1n) is 4.11. The summed E-state index contributed by atoms with van der Waals surface area (Å²) in [6, 6.07) is 8.97. The van der Waals surface area contributed by atoms with Gasteiger partial charge in [-0.3, -0.25) is 4.79 Å². The first-order chi connectivity index (χ1) is 5.99. The Morgan fingerprint density at radius 1 is 1.23 bits per heavy atom. The average Bonchev–Trinajstić information content (AvgIpc) is 2.03. The molecule has 70 valence electrons. The second-order valence-corrected chi connectivity index (χ2v) is 6.99. The van der Waals surface area contributed by atoms with Crippen LogP contribution in [0, 0.1) is 0 Å². The molecular weight excluding hydrogens is 183 g/mol. The highest BCUT2D eigenvalue weighted by Gasteiger charge is 2.14. The maximum absolute atomic E-state index is 11.5. The normalized spacial score (nSPS) is 11.2. The van der Waals surface area contributed by atoms with Crippen molar-refractivity contribution in [3.05, 3.63) is 35.9 Å². The van der Waals surface area contributed by atoms with Gasteiger partial charge in [-0.15, -0.1) is 0 Å². The minimum Gasteiger partial charge on any atom is -0.324 e. The summed E-state index contributed by atoms with van der Waals surface area (Å²) in [5.41, 5.74) is 0.645. The molecule has 0 aromatic heterocycles. The molecular formula is C10H13O2P. The van der Waals surface area contributed by atoms with Gasteiger partial charge < -0.3 is 4.57 Å². The summed E-state index contributed by atoms with van der Waals surface area (Å²) in [4.78, 5) is 11.5. The summed E-state index contributed by atoms with van der Waals surface area (Å²) in [6.07, 6.45) is 0.164. The molecule has 0 atom stereocenters. The number of rotatable bonds is 3. The van der Waals surface area contributed by atoms with Crippen LogP contribution in [0.3, 0.4) is 0 Å². The van der Waals surface area contributed by atoms with Crippen molar-refractivity contribution in [1.82, 2.24) is 0 Å². The Labute approximate surface area is 78.3 Å². The van der Waals surface area contributed by atoms with Crippen molar-refractivity contribution in [3.63, 3.8) is 0 Å². The third-order valence-electron chi connectivity index (χ3n) is 1.62. The SMILES string of the molecule is CP(C)(=O)CC(=O)c1ccccc1. The molecule has 0 fully saturated rings. The van der Waals surface area contributed by atoms with E-state index in [0.29, 0.717) is 5.56 Å². The van der Waals surface area contributed by atoms with Crippen LogP contribution in [0.2, 0.25) is 0 Å². The van der Waals surface area contributed by atoms with E-state index in [1.165, 1.54) is 0 Å². The van der Waals surface area contributed by atoms with E-state index in [1.54, 1.807) is 25.5 Å². The van der Waals surface area contributed by atoms with E-state index in [4.69, 9.17) is 0 Å². The van der Waals surface area contributed by atoms with Gasteiger partial charge in [-0.05, 0) is 13.3 Å². The molecule has 0 spiro atoms. The second-order valence-electron chi connectivity index (χ2n) is 3.52. The number of ketones is 1. The Bertz CT molecular complexity index is 337. The van der Waals surface area contributed by atoms with Crippen LogP contribution in [-0.4, -0.2) is 25.3 Å². The topological polar surface area (TPSA) is 34.1 Å². The van der Waals surface area contributed by atoms with Gasteiger partial charge in [0, 0.05) is 5.56 Å². The Kier molecular flexibility index (Phi) is 3.05. The number of Topliss-reactive ketones (excluding diaryl/α,β-unsaturated/α-hetero) is 1. The molecule has 0 unspecified atom stereocenters. The lowest BCUT2D eigenvalue weighted by Crippen LogP contribution is -2.04. The van der Waals surface area contributed by atoms with Gasteiger partial charge in [0.05, 0.1) is 13.3 Å². The number of hydrogen-bond acceptors (Lipinski definition) is 2. The van der Waals surface area contributed by atoms with E-state index in [0.717, 1.165) is 0 Å². The van der Waals surface area contributed by atoms with Crippen molar-refractivity contribution in [2.75, 3.05) is 19.5 Å². The molecule has 0 aliphatic heterocycles. The van der Waals surface area contributed by atoms with Crippen molar-refractivity contribution >= 4 is 12.9 Å². The van der Waals surface area contributed by atoms with Gasteiger partial charge in [0.15, 0.2) is 5.78 Å². The van der Waals surface area contributed by atoms with Crippen molar-refractivity contribution in [2.45, 2.75) is 0 Å². The summed E-state index contributed by atoms with van der Waals surface area (Å²) in [5.74, 6) is -0.0334. The third kappa shape index (κ3) is 3.56. The molecule has 0 aliphatic carbocycles. The molecule has 13 heavy (non-hydrogen) atoms. The Hall–Kier alpha value is -0.880. The number of carbonyl (C=O) groups excluding carboxylic acids is 1. The maximum atomic E-state index is 11.5. The van der Waals surface area contributed by atoms with E-state index in [2.05, 4.69) is 0 Å². The summed E-state index contributed by atoms with van der Waals surface area (Å²) >= 11 is 0. The molecule has 2 nitrogen and oxygen atoms in total. The fourth-order valence-electron chi connectivity index (χ4n) is 1.06. The standard InChI is InChI=1S/C10H13O2P/c1-13(2,12)8-10(11)9-6-4-3-5-7-9/h3-7H,8H2,1-2H3. The minimum atomic E-state index is -2.24. The number of benzene rings is 1. The predicted octanol–water partition coefficient (Wildman–Crippen LogP) is 2.49. The molecule has 0 heterocycles. The first kappa shape index (κ1) is 10.2. The lowest BCUT2D eigenvalue weighted by molar-refractivity contribution is 0.102. The van der Waals surface area contributed by atoms with E-state index in [-0.39, 0.29) is 11.9 Å². The molecule has 0 radical (unpaired) electrons. The van der Waals surface area contributed by atoms with Crippen molar-refractivity contribution in [2.24, 2.45) is 0 Å². The fourth-order valence-corrected chi connectivity index (χ4v) is 1.94. The van der Waals surface area contributed by atoms with Gasteiger partial charge in [-0.1, -0.05) is 30.3 Å². The lowest BCUT2D eigenvalue weighted by atomic mass is 10.2. The summed E-state index contributed by atoms with van der Waals surface area (Å²) in [7, 11) is -2.24. The van der Waals surface area contributed by atoms with Crippen LogP contribution in [0.4, 0.5) is 0 Å². The Morgan fingerprint density at radius 2 is 1.77 bits per heavy atom. The number of carbonyl (C=O) groups is 1. The highest BCUT2D eigenvalue weighted by Crippen LogP contribution is 2.36. The average molecular weight is 196 g/mol. The molecule has 1 aromatic carbocycles. The zero-order valence-corrected chi connectivity index (χ0v) is 8.75. The first-order valence-corrected chi connectivity index (χ1v) is 6.90. The van der Waals surface area contributed by atoms with Crippen LogP contribution in [-0.2, 0) is 4.57 Å². The van der Waals surface area contributed by atoms with Gasteiger partial charge in [0.1, 0.15) is 0 Å². The van der Waals surface area contributed by atoms with Crippen LogP contribution >= 0.6 is 7.14 Å². The molecule has 1 aromatic rings. The second kappa shape index (κ2) is 3.89. The van der Waals surface area contributed by atoms with Crippen LogP contribution in [0.25, 0.3) is 0 Å². The maximum Gasteiger partial charge on any atom is 0.170 e. The van der Waals surface area contributed by atoms with Crippen LogP contribution in [0.1, 0.15) is 10.4 Å². The zero-order chi connectivity index (χ0) is 9.90. The molecule has 0 saturated heterocycles. The monoisotopic (exact) mass is 196 g/mol. The molecule has 0 aliphatic rings. The fraction of sp³-hybridized carbons (Fsp3) is 0.300. The van der Waals surface area contributed by atoms with E-state index in [9.17, 15) is 9.36 Å². The Balaban J connectivity index is 2.76. The lowest BCUT2D eigenvalue weighted by Gasteiger charge is -2.04. The van der Waals surface area contributed by atoms with Crippen LogP contribution < -0.4 is 0 Å². The molecule has 3 heteroatoms. The van der Waals surface area contributed by atoms with Crippen LogP contribution in [0.15, 0.2) is 30.3 Å². The zero-order valence-electron chi connectivity index (χ0n) is 7.86. The summed E-state index contributed by atoms with van der Waals surface area (Å²) in [6.45, 7) is 3.27. The quantitative estimate of drug-likeness (QED) is 0.549. The molecule has 1 rings (SSSR count). The van der Waals surface area contributed by atoms with E-state index in [1.807, 2.05) is 18.2 Å². The van der Waals surface area contributed by atoms with Crippen molar-refractivity contribution < 1.29 is 9.36 Å². The molecule has 0 bridgehead atoms. The molecule has 0 N–H and O–H groups in total.